The lowest BCUT2D eigenvalue weighted by Gasteiger charge is -2.19. The van der Waals surface area contributed by atoms with Crippen molar-refractivity contribution in [2.24, 2.45) is 0 Å². The average molecular weight is 267 g/mol. The highest BCUT2D eigenvalue weighted by molar-refractivity contribution is 5.94. The zero-order valence-corrected chi connectivity index (χ0v) is 10.8. The number of nitrogens with one attached hydrogen (secondary N) is 1. The van der Waals surface area contributed by atoms with Crippen molar-refractivity contribution in [3.63, 3.8) is 0 Å². The van der Waals surface area contributed by atoms with Crippen LogP contribution in [-0.4, -0.2) is 52.7 Å². The number of carboxylic acid groups (broad SMARTS) is 1. The van der Waals surface area contributed by atoms with E-state index >= 15 is 0 Å². The third-order valence-corrected chi connectivity index (χ3v) is 3.11. The largest absolute Gasteiger partial charge is 0.475 e. The molecule has 0 bridgehead atoms. The number of likely N-dealkylation sites (N-methyl/N-ethyl adjacent to an activating group) is 1. The van der Waals surface area contributed by atoms with Crippen LogP contribution >= 0.6 is 0 Å². The third-order valence-electron chi connectivity index (χ3n) is 3.11. The SMILES string of the molecule is CCN(CCNC(=O)c1cc(C(=O)O)on1)C1CC1. The van der Waals surface area contributed by atoms with E-state index in [1.807, 2.05) is 0 Å². The first kappa shape index (κ1) is 13.5. The number of carboxylic acids is 1. The van der Waals surface area contributed by atoms with Gasteiger partial charge in [0.15, 0.2) is 5.69 Å². The van der Waals surface area contributed by atoms with Crippen LogP contribution in [0.15, 0.2) is 10.6 Å². The van der Waals surface area contributed by atoms with Crippen molar-refractivity contribution >= 4 is 11.9 Å². The highest BCUT2D eigenvalue weighted by atomic mass is 16.5. The molecule has 0 saturated heterocycles. The monoisotopic (exact) mass is 267 g/mol. The van der Waals surface area contributed by atoms with Gasteiger partial charge in [-0.2, -0.15) is 0 Å². The molecule has 1 heterocycles. The van der Waals surface area contributed by atoms with Crippen molar-refractivity contribution in [3.05, 3.63) is 17.5 Å². The van der Waals surface area contributed by atoms with Gasteiger partial charge in [0, 0.05) is 25.2 Å². The van der Waals surface area contributed by atoms with Crippen molar-refractivity contribution in [2.75, 3.05) is 19.6 Å². The molecule has 7 heteroatoms. The molecule has 0 aliphatic heterocycles. The van der Waals surface area contributed by atoms with Crippen molar-refractivity contribution in [1.29, 1.82) is 0 Å². The second-order valence-electron chi connectivity index (χ2n) is 4.50. The smallest absolute Gasteiger partial charge is 0.374 e. The van der Waals surface area contributed by atoms with Crippen molar-refractivity contribution in [1.82, 2.24) is 15.4 Å². The zero-order chi connectivity index (χ0) is 13.8. The number of hydrogen-bond donors (Lipinski definition) is 2. The first-order valence-electron chi connectivity index (χ1n) is 6.34. The minimum absolute atomic E-state index is 0.00753. The van der Waals surface area contributed by atoms with Crippen LogP contribution in [0.3, 0.4) is 0 Å². The molecule has 1 aromatic rings. The minimum atomic E-state index is -1.24. The normalized spacial score (nSPS) is 14.6. The summed E-state index contributed by atoms with van der Waals surface area (Å²) in [6.07, 6.45) is 2.46. The first-order valence-corrected chi connectivity index (χ1v) is 6.34. The topological polar surface area (TPSA) is 95.7 Å². The number of amides is 1. The summed E-state index contributed by atoms with van der Waals surface area (Å²) in [6.45, 7) is 4.36. The van der Waals surface area contributed by atoms with Gasteiger partial charge in [-0.05, 0) is 19.4 Å². The molecule has 1 aliphatic rings. The van der Waals surface area contributed by atoms with Gasteiger partial charge >= 0.3 is 5.97 Å². The highest BCUT2D eigenvalue weighted by Gasteiger charge is 2.27. The van der Waals surface area contributed by atoms with Gasteiger partial charge in [0.2, 0.25) is 5.76 Å². The molecule has 0 spiro atoms. The maximum absolute atomic E-state index is 11.7. The third kappa shape index (κ3) is 3.54. The van der Waals surface area contributed by atoms with E-state index in [-0.39, 0.29) is 11.5 Å². The summed E-state index contributed by atoms with van der Waals surface area (Å²) in [4.78, 5) is 24.6. The van der Waals surface area contributed by atoms with Gasteiger partial charge < -0.3 is 14.9 Å². The van der Waals surface area contributed by atoms with Crippen LogP contribution in [0.2, 0.25) is 0 Å². The molecule has 104 valence electrons. The fourth-order valence-corrected chi connectivity index (χ4v) is 1.93. The number of hydrogen-bond acceptors (Lipinski definition) is 5. The summed E-state index contributed by atoms with van der Waals surface area (Å²) in [7, 11) is 0. The molecular formula is C12H17N3O4. The van der Waals surface area contributed by atoms with Gasteiger partial charge in [-0.1, -0.05) is 12.1 Å². The molecule has 2 rings (SSSR count). The number of aromatic carboxylic acids is 1. The van der Waals surface area contributed by atoms with E-state index in [4.69, 9.17) is 5.11 Å². The van der Waals surface area contributed by atoms with E-state index in [0.717, 1.165) is 19.2 Å². The molecule has 0 atom stereocenters. The van der Waals surface area contributed by atoms with Crippen molar-refractivity contribution in [2.45, 2.75) is 25.8 Å². The van der Waals surface area contributed by atoms with Gasteiger partial charge in [0.1, 0.15) is 0 Å². The van der Waals surface area contributed by atoms with Crippen LogP contribution in [-0.2, 0) is 0 Å². The molecule has 1 fully saturated rings. The molecule has 19 heavy (non-hydrogen) atoms. The van der Waals surface area contributed by atoms with Gasteiger partial charge in [0.05, 0.1) is 0 Å². The molecule has 7 nitrogen and oxygen atoms in total. The van der Waals surface area contributed by atoms with Gasteiger partial charge in [-0.3, -0.25) is 9.69 Å². The van der Waals surface area contributed by atoms with Crippen LogP contribution in [0.1, 0.15) is 40.8 Å². The van der Waals surface area contributed by atoms with Gasteiger partial charge in [-0.15, -0.1) is 0 Å². The number of carbonyl (C=O) groups is 2. The number of rotatable bonds is 7. The maximum atomic E-state index is 11.7. The summed E-state index contributed by atoms with van der Waals surface area (Å²) in [6, 6.07) is 1.78. The Morgan fingerprint density at radius 2 is 2.32 bits per heavy atom. The molecule has 2 N–H and O–H groups in total. The fourth-order valence-electron chi connectivity index (χ4n) is 1.93. The predicted molar refractivity (Wildman–Crippen MR) is 66.1 cm³/mol. The van der Waals surface area contributed by atoms with Crippen LogP contribution in [0.5, 0.6) is 0 Å². The molecule has 1 aromatic heterocycles. The molecule has 1 amide bonds. The summed E-state index contributed by atoms with van der Waals surface area (Å²) in [5.74, 6) is -1.99. The van der Waals surface area contributed by atoms with Crippen molar-refractivity contribution < 1.29 is 19.2 Å². The number of aromatic nitrogens is 1. The lowest BCUT2D eigenvalue weighted by Crippen LogP contribution is -2.36. The Bertz CT molecular complexity index is 467. The number of carbonyl (C=O) groups excluding carboxylic acids is 1. The Hall–Kier alpha value is -1.89. The average Bonchev–Trinajstić information content (AvgIpc) is 3.09. The van der Waals surface area contributed by atoms with E-state index in [0.29, 0.717) is 12.6 Å². The maximum Gasteiger partial charge on any atom is 0.374 e. The fraction of sp³-hybridized carbons (Fsp3) is 0.583. The molecule has 1 saturated carbocycles. The molecular weight excluding hydrogens is 250 g/mol. The minimum Gasteiger partial charge on any atom is -0.475 e. The second kappa shape index (κ2) is 5.83. The molecule has 1 aliphatic carbocycles. The van der Waals surface area contributed by atoms with Crippen LogP contribution in [0, 0.1) is 0 Å². The van der Waals surface area contributed by atoms with Crippen molar-refractivity contribution in [3.8, 4) is 0 Å². The molecule has 0 aromatic carbocycles. The van der Waals surface area contributed by atoms with E-state index in [1.165, 1.54) is 12.8 Å². The summed E-state index contributed by atoms with van der Waals surface area (Å²) >= 11 is 0. The van der Waals surface area contributed by atoms with Crippen LogP contribution < -0.4 is 5.32 Å². The Labute approximate surface area is 110 Å². The van der Waals surface area contributed by atoms with Crippen LogP contribution in [0.4, 0.5) is 0 Å². The first-order chi connectivity index (χ1) is 9.11. The molecule has 0 radical (unpaired) electrons. The second-order valence-corrected chi connectivity index (χ2v) is 4.50. The number of nitrogens with zero attached hydrogens (tertiary/aromatic N) is 2. The highest BCUT2D eigenvalue weighted by Crippen LogP contribution is 2.25. The predicted octanol–water partition coefficient (Wildman–Crippen LogP) is 0.587. The van der Waals surface area contributed by atoms with E-state index in [9.17, 15) is 9.59 Å². The van der Waals surface area contributed by atoms with E-state index in [2.05, 4.69) is 26.8 Å². The van der Waals surface area contributed by atoms with E-state index in [1.54, 1.807) is 0 Å². The Balaban J connectivity index is 1.78. The zero-order valence-electron chi connectivity index (χ0n) is 10.8. The van der Waals surface area contributed by atoms with Crippen LogP contribution in [0.25, 0.3) is 0 Å². The summed E-state index contributed by atoms with van der Waals surface area (Å²) < 4.78 is 4.52. The lowest BCUT2D eigenvalue weighted by molar-refractivity contribution is 0.0651. The Kier molecular flexibility index (Phi) is 4.16. The van der Waals surface area contributed by atoms with Gasteiger partial charge in [-0.25, -0.2) is 4.79 Å². The van der Waals surface area contributed by atoms with Gasteiger partial charge in [0.25, 0.3) is 5.91 Å². The van der Waals surface area contributed by atoms with E-state index < -0.39 is 11.9 Å². The standard InChI is InChI=1S/C12H17N3O4/c1-2-15(8-3-4-8)6-5-13-11(16)9-7-10(12(17)18)19-14-9/h7-8H,2-6H2,1H3,(H,13,16)(H,17,18). The summed E-state index contributed by atoms with van der Waals surface area (Å²) in [5.41, 5.74) is -0.00753. The summed E-state index contributed by atoms with van der Waals surface area (Å²) in [5, 5.41) is 14.8. The lowest BCUT2D eigenvalue weighted by atomic mass is 10.3. The Morgan fingerprint density at radius 3 is 2.84 bits per heavy atom. The quantitative estimate of drug-likeness (QED) is 0.750. The Morgan fingerprint density at radius 1 is 1.58 bits per heavy atom. The molecule has 0 unspecified atom stereocenters.